The summed E-state index contributed by atoms with van der Waals surface area (Å²) in [6.45, 7) is 12.5. The third-order valence-electron chi connectivity index (χ3n) is 4.84. The van der Waals surface area contributed by atoms with E-state index in [0.29, 0.717) is 19.0 Å². The second-order valence-electron chi connectivity index (χ2n) is 9.70. The molecule has 0 spiro atoms. The molecule has 1 aromatic heterocycles. The third-order valence-corrected chi connectivity index (χ3v) is 5.64. The van der Waals surface area contributed by atoms with Gasteiger partial charge in [-0.3, -0.25) is 0 Å². The maximum atomic E-state index is 12.5. The Morgan fingerprint density at radius 1 is 1.00 bits per heavy atom. The average Bonchev–Trinajstić information content (AvgIpc) is 2.95. The van der Waals surface area contributed by atoms with E-state index in [1.807, 2.05) is 47.6 Å². The number of halogens is 1. The van der Waals surface area contributed by atoms with E-state index in [2.05, 4.69) is 39.8 Å². The summed E-state index contributed by atoms with van der Waals surface area (Å²) in [4.78, 5) is 26.6. The van der Waals surface area contributed by atoms with E-state index in [1.54, 1.807) is 4.90 Å². The molecule has 164 valence electrons. The molecule has 0 N–H and O–H groups in total. The predicted molar refractivity (Wildman–Crippen MR) is 124 cm³/mol. The summed E-state index contributed by atoms with van der Waals surface area (Å²) in [5.41, 5.74) is 0.879. The summed E-state index contributed by atoms with van der Waals surface area (Å²) in [6, 6.07) is 6.09. The van der Waals surface area contributed by atoms with Gasteiger partial charge in [0, 0.05) is 18.5 Å². The van der Waals surface area contributed by atoms with Gasteiger partial charge in [0.05, 0.1) is 5.52 Å². The molecular weight excluding hydrogens is 497 g/mol. The van der Waals surface area contributed by atoms with E-state index in [9.17, 15) is 9.59 Å². The monoisotopic (exact) mass is 527 g/mol. The number of benzene rings is 1. The maximum absolute atomic E-state index is 12.5. The number of carbonyl (C=O) groups excluding carboxylic acids is 2. The van der Waals surface area contributed by atoms with E-state index < -0.39 is 17.3 Å². The smallest absolute Gasteiger partial charge is 0.435 e. The zero-order valence-electron chi connectivity index (χ0n) is 18.5. The lowest BCUT2D eigenvalue weighted by atomic mass is 9.89. The highest BCUT2D eigenvalue weighted by atomic mass is 127. The van der Waals surface area contributed by atoms with Crippen LogP contribution in [-0.4, -0.2) is 51.2 Å². The number of ether oxygens (including phenoxy) is 2. The minimum Gasteiger partial charge on any atom is -0.444 e. The van der Waals surface area contributed by atoms with Crippen LogP contribution in [0.25, 0.3) is 10.9 Å². The summed E-state index contributed by atoms with van der Waals surface area (Å²) in [7, 11) is 0. The third kappa shape index (κ3) is 5.44. The Kier molecular flexibility index (Phi) is 6.36. The van der Waals surface area contributed by atoms with Gasteiger partial charge in [0.15, 0.2) is 0 Å². The molecule has 1 amide bonds. The lowest BCUT2D eigenvalue weighted by molar-refractivity contribution is 0.0204. The van der Waals surface area contributed by atoms with Gasteiger partial charge in [-0.1, -0.05) is 6.07 Å². The molecule has 2 heterocycles. The summed E-state index contributed by atoms with van der Waals surface area (Å²) < 4.78 is 13.0. The zero-order valence-corrected chi connectivity index (χ0v) is 20.6. The van der Waals surface area contributed by atoms with Crippen LogP contribution in [0.3, 0.4) is 0 Å². The molecule has 2 aromatic rings. The Balaban J connectivity index is 1.74. The number of carbonyl (C=O) groups is 2. The number of piperidine rings is 1. The van der Waals surface area contributed by atoms with Gasteiger partial charge in [0.1, 0.15) is 14.9 Å². The van der Waals surface area contributed by atoms with Gasteiger partial charge >= 0.3 is 12.2 Å². The van der Waals surface area contributed by atoms with Crippen LogP contribution in [0.15, 0.2) is 18.2 Å². The van der Waals surface area contributed by atoms with Gasteiger partial charge < -0.3 is 14.4 Å². The first-order valence-electron chi connectivity index (χ1n) is 10.2. The molecule has 0 saturated carbocycles. The number of likely N-dealkylation sites (tertiary alicyclic amines) is 1. The van der Waals surface area contributed by atoms with E-state index in [1.165, 1.54) is 10.2 Å². The molecule has 0 radical (unpaired) electrons. The Morgan fingerprint density at radius 3 is 2.13 bits per heavy atom. The van der Waals surface area contributed by atoms with Crippen molar-refractivity contribution < 1.29 is 19.1 Å². The van der Waals surface area contributed by atoms with E-state index >= 15 is 0 Å². The van der Waals surface area contributed by atoms with Crippen molar-refractivity contribution in [3.8, 4) is 0 Å². The normalized spacial score (nSPS) is 16.0. The molecule has 1 aliphatic rings. The molecular formula is C22H30IN3O4. The Hall–Kier alpha value is -1.84. The molecule has 1 aliphatic heterocycles. The molecule has 7 nitrogen and oxygen atoms in total. The maximum Gasteiger partial charge on any atom is 0.435 e. The molecule has 0 atom stereocenters. The van der Waals surface area contributed by atoms with E-state index in [4.69, 9.17) is 9.47 Å². The fourth-order valence-electron chi connectivity index (χ4n) is 3.52. The fourth-order valence-corrected chi connectivity index (χ4v) is 4.17. The summed E-state index contributed by atoms with van der Waals surface area (Å²) in [6.07, 6.45) is 1.03. The van der Waals surface area contributed by atoms with Gasteiger partial charge in [0.2, 0.25) is 0 Å². The quantitative estimate of drug-likeness (QED) is 0.456. The van der Waals surface area contributed by atoms with Crippen molar-refractivity contribution in [2.75, 3.05) is 13.1 Å². The largest absolute Gasteiger partial charge is 0.444 e. The van der Waals surface area contributed by atoms with Crippen molar-refractivity contribution in [2.24, 2.45) is 0 Å². The van der Waals surface area contributed by atoms with Crippen LogP contribution in [0.4, 0.5) is 9.59 Å². The molecule has 1 saturated heterocycles. The molecule has 8 heteroatoms. The first kappa shape index (κ1) is 22.8. The fraction of sp³-hybridized carbons (Fsp3) is 0.591. The molecule has 30 heavy (non-hydrogen) atoms. The summed E-state index contributed by atoms with van der Waals surface area (Å²) in [5.74, 6) is 0.355. The molecule has 0 bridgehead atoms. The van der Waals surface area contributed by atoms with Crippen LogP contribution >= 0.6 is 22.6 Å². The van der Waals surface area contributed by atoms with Crippen LogP contribution < -0.4 is 0 Å². The molecule has 0 aliphatic carbocycles. The van der Waals surface area contributed by atoms with Crippen LogP contribution in [-0.2, 0) is 9.47 Å². The van der Waals surface area contributed by atoms with Crippen molar-refractivity contribution in [2.45, 2.75) is 71.5 Å². The van der Waals surface area contributed by atoms with Crippen molar-refractivity contribution in [3.05, 3.63) is 27.5 Å². The van der Waals surface area contributed by atoms with Gasteiger partial charge in [-0.25, -0.2) is 9.59 Å². The van der Waals surface area contributed by atoms with Crippen LogP contribution in [0.2, 0.25) is 0 Å². The van der Waals surface area contributed by atoms with Crippen LogP contribution in [0.5, 0.6) is 0 Å². The highest BCUT2D eigenvalue weighted by Gasteiger charge is 2.28. The highest BCUT2D eigenvalue weighted by molar-refractivity contribution is 14.1. The molecule has 1 aromatic carbocycles. The molecule has 1 fully saturated rings. The van der Waals surface area contributed by atoms with E-state index in [-0.39, 0.29) is 6.09 Å². The van der Waals surface area contributed by atoms with Crippen LogP contribution in [0.1, 0.15) is 65.9 Å². The second kappa shape index (κ2) is 8.36. The minimum atomic E-state index is -0.581. The number of hydrogen-bond donors (Lipinski definition) is 0. The number of rotatable bonds is 1. The van der Waals surface area contributed by atoms with Crippen molar-refractivity contribution in [1.29, 1.82) is 0 Å². The van der Waals surface area contributed by atoms with Crippen molar-refractivity contribution in [1.82, 2.24) is 14.7 Å². The lowest BCUT2D eigenvalue weighted by Gasteiger charge is -2.33. The number of fused-ring (bicyclic) bond motifs is 1. The number of amides is 1. The van der Waals surface area contributed by atoms with Crippen molar-refractivity contribution in [3.63, 3.8) is 0 Å². The SMILES string of the molecule is CC(C)(C)OC(=O)N1CCC(c2ccc3c(c2)c(I)nn3C(=O)OC(C)(C)C)CC1. The standard InChI is InChI=1S/C22H30IN3O4/c1-21(2,3)29-19(27)25-11-9-14(10-12-25)15-7-8-17-16(13-15)18(23)24-26(17)20(28)30-22(4,5)6/h7-8,13-14H,9-12H2,1-6H3. The van der Waals surface area contributed by atoms with Gasteiger partial charge in [0.25, 0.3) is 0 Å². The van der Waals surface area contributed by atoms with Crippen molar-refractivity contribution >= 4 is 45.7 Å². The number of aromatic nitrogens is 2. The topological polar surface area (TPSA) is 73.7 Å². The summed E-state index contributed by atoms with van der Waals surface area (Å²) >= 11 is 2.15. The predicted octanol–water partition coefficient (Wildman–Crippen LogP) is 5.54. The highest BCUT2D eigenvalue weighted by Crippen LogP contribution is 2.32. The summed E-state index contributed by atoms with van der Waals surface area (Å²) in [5, 5.41) is 5.33. The number of nitrogens with zero attached hydrogens (tertiary/aromatic N) is 3. The zero-order chi connectivity index (χ0) is 22.3. The minimum absolute atomic E-state index is 0.246. The first-order chi connectivity index (χ1) is 13.8. The Bertz CT molecular complexity index is 948. The second-order valence-corrected chi connectivity index (χ2v) is 10.7. The first-order valence-corrected chi connectivity index (χ1v) is 11.3. The molecule has 3 rings (SSSR count). The average molecular weight is 527 g/mol. The lowest BCUT2D eigenvalue weighted by Crippen LogP contribution is -2.41. The molecule has 0 unspecified atom stereocenters. The number of hydrogen-bond acceptors (Lipinski definition) is 5. The van der Waals surface area contributed by atoms with Gasteiger partial charge in [-0.05, 0) is 101 Å². The van der Waals surface area contributed by atoms with Crippen LogP contribution in [0, 0.1) is 3.70 Å². The van der Waals surface area contributed by atoms with E-state index in [0.717, 1.165) is 27.4 Å². The van der Waals surface area contributed by atoms with Gasteiger partial charge in [-0.2, -0.15) is 9.78 Å². The Morgan fingerprint density at radius 2 is 1.57 bits per heavy atom. The Labute approximate surface area is 191 Å². The van der Waals surface area contributed by atoms with Gasteiger partial charge in [-0.15, -0.1) is 0 Å².